The summed E-state index contributed by atoms with van der Waals surface area (Å²) >= 11 is 0. The van der Waals surface area contributed by atoms with Gasteiger partial charge >= 0.3 is 0 Å². The predicted molar refractivity (Wildman–Crippen MR) is 121 cm³/mol. The molecule has 1 aliphatic rings. The largest absolute Gasteiger partial charge is 0.323 e. The van der Waals surface area contributed by atoms with Crippen molar-refractivity contribution in [3.63, 3.8) is 0 Å². The molecule has 3 aromatic rings. The van der Waals surface area contributed by atoms with Gasteiger partial charge in [-0.15, -0.1) is 0 Å². The number of nitro groups is 1. The minimum atomic E-state index is -4.20. The summed E-state index contributed by atoms with van der Waals surface area (Å²) in [7, 11) is -4.20. The van der Waals surface area contributed by atoms with Gasteiger partial charge in [-0.2, -0.15) is 0 Å². The predicted octanol–water partition coefficient (Wildman–Crippen LogP) is 2.78. The van der Waals surface area contributed by atoms with Gasteiger partial charge in [0.1, 0.15) is 13.1 Å². The Bertz CT molecular complexity index is 1330. The van der Waals surface area contributed by atoms with Crippen molar-refractivity contribution in [3.8, 4) is 0 Å². The highest BCUT2D eigenvalue weighted by Gasteiger charge is 2.32. The first-order valence-electron chi connectivity index (χ1n) is 9.79. The molecule has 1 aliphatic heterocycles. The molecule has 0 spiro atoms. The van der Waals surface area contributed by atoms with Crippen molar-refractivity contribution in [2.75, 3.05) is 27.6 Å². The third-order valence-electron chi connectivity index (χ3n) is 5.03. The minimum absolute atomic E-state index is 0.0482. The van der Waals surface area contributed by atoms with E-state index >= 15 is 0 Å². The lowest BCUT2D eigenvalue weighted by atomic mass is 10.2. The number of anilines is 3. The smallest absolute Gasteiger partial charge is 0.269 e. The first-order valence-corrected chi connectivity index (χ1v) is 11.2. The average molecular weight is 466 g/mol. The van der Waals surface area contributed by atoms with E-state index in [1.807, 2.05) is 0 Å². The topological polar surface area (TPSA) is 130 Å². The highest BCUT2D eigenvalue weighted by Crippen LogP contribution is 2.30. The Kier molecular flexibility index (Phi) is 5.80. The maximum Gasteiger partial charge on any atom is 0.269 e. The van der Waals surface area contributed by atoms with E-state index in [0.717, 1.165) is 16.4 Å². The zero-order chi connectivity index (χ0) is 23.6. The van der Waals surface area contributed by atoms with Crippen LogP contribution in [-0.2, 0) is 19.6 Å². The summed E-state index contributed by atoms with van der Waals surface area (Å²) in [5.41, 5.74) is 0.745. The van der Waals surface area contributed by atoms with E-state index in [2.05, 4.69) is 5.32 Å². The molecule has 3 aromatic carbocycles. The van der Waals surface area contributed by atoms with E-state index in [0.29, 0.717) is 11.4 Å². The summed E-state index contributed by atoms with van der Waals surface area (Å²) in [6.45, 7) is -0.883. The monoisotopic (exact) mass is 466 g/mol. The van der Waals surface area contributed by atoms with Crippen LogP contribution < -0.4 is 14.5 Å². The second kappa shape index (κ2) is 8.71. The third kappa shape index (κ3) is 4.39. The Balaban J connectivity index is 1.73. The summed E-state index contributed by atoms with van der Waals surface area (Å²) < 4.78 is 27.7. The summed E-state index contributed by atoms with van der Waals surface area (Å²) in [5.74, 6) is -1.04. The minimum Gasteiger partial charge on any atom is -0.323 e. The van der Waals surface area contributed by atoms with E-state index in [9.17, 15) is 28.1 Å². The Hall–Kier alpha value is -4.25. The number of fused-ring (bicyclic) bond motifs is 1. The maximum absolute atomic E-state index is 13.4. The van der Waals surface area contributed by atoms with Gasteiger partial charge in [-0.1, -0.05) is 30.3 Å². The second-order valence-corrected chi connectivity index (χ2v) is 9.01. The summed E-state index contributed by atoms with van der Waals surface area (Å²) in [6.07, 6.45) is 0. The zero-order valence-corrected chi connectivity index (χ0v) is 17.9. The molecule has 0 bridgehead atoms. The van der Waals surface area contributed by atoms with Gasteiger partial charge in [0, 0.05) is 12.1 Å². The highest BCUT2D eigenvalue weighted by atomic mass is 32.2. The molecule has 33 heavy (non-hydrogen) atoms. The van der Waals surface area contributed by atoms with Gasteiger partial charge in [-0.3, -0.25) is 28.9 Å². The van der Waals surface area contributed by atoms with E-state index in [-0.39, 0.29) is 22.8 Å². The molecule has 11 heteroatoms. The van der Waals surface area contributed by atoms with E-state index in [4.69, 9.17) is 0 Å². The Morgan fingerprint density at radius 1 is 1.00 bits per heavy atom. The van der Waals surface area contributed by atoms with E-state index < -0.39 is 33.3 Å². The van der Waals surface area contributed by atoms with Crippen LogP contribution in [0.1, 0.15) is 0 Å². The Labute approximate surface area is 189 Å². The Morgan fingerprint density at radius 2 is 1.64 bits per heavy atom. The normalized spacial score (nSPS) is 13.1. The lowest BCUT2D eigenvalue weighted by Crippen LogP contribution is -2.48. The fourth-order valence-corrected chi connectivity index (χ4v) is 4.87. The van der Waals surface area contributed by atoms with Gasteiger partial charge in [0.15, 0.2) is 0 Å². The van der Waals surface area contributed by atoms with E-state index in [1.54, 1.807) is 42.5 Å². The van der Waals surface area contributed by atoms with E-state index in [1.165, 1.54) is 29.2 Å². The SMILES string of the molecule is O=C1CN(C(=O)CN(c2ccc([N+](=O)[O-])cc2)S(=O)(=O)c2ccccc2)c2ccccc2N1. The molecule has 168 valence electrons. The first-order chi connectivity index (χ1) is 15.8. The van der Waals surface area contributed by atoms with Gasteiger partial charge in [0.05, 0.1) is 26.9 Å². The number of hydrogen-bond donors (Lipinski definition) is 1. The van der Waals surface area contributed by atoms with Gasteiger partial charge in [0.25, 0.3) is 15.7 Å². The summed E-state index contributed by atoms with van der Waals surface area (Å²) in [4.78, 5) is 37.0. The highest BCUT2D eigenvalue weighted by molar-refractivity contribution is 7.92. The van der Waals surface area contributed by atoms with Crippen molar-refractivity contribution < 1.29 is 22.9 Å². The van der Waals surface area contributed by atoms with Crippen LogP contribution in [0.25, 0.3) is 0 Å². The van der Waals surface area contributed by atoms with Crippen LogP contribution in [0.15, 0.2) is 83.8 Å². The van der Waals surface area contributed by atoms with Gasteiger partial charge < -0.3 is 5.32 Å². The maximum atomic E-state index is 13.4. The number of hydrogen-bond acceptors (Lipinski definition) is 6. The summed E-state index contributed by atoms with van der Waals surface area (Å²) in [6, 6.07) is 19.1. The Morgan fingerprint density at radius 3 is 2.30 bits per heavy atom. The van der Waals surface area contributed by atoms with Crippen molar-refractivity contribution in [2.45, 2.75) is 4.90 Å². The number of nitro benzene ring substituents is 1. The molecular weight excluding hydrogens is 448 g/mol. The fraction of sp³-hybridized carbons (Fsp3) is 0.0909. The van der Waals surface area contributed by atoms with Crippen LogP contribution in [0.4, 0.5) is 22.7 Å². The van der Waals surface area contributed by atoms with Crippen LogP contribution in [-0.4, -0.2) is 38.2 Å². The number of nitrogens with one attached hydrogen (secondary N) is 1. The molecule has 0 unspecified atom stereocenters. The number of sulfonamides is 1. The van der Waals surface area contributed by atoms with Gasteiger partial charge in [-0.05, 0) is 36.4 Å². The average Bonchev–Trinajstić information content (AvgIpc) is 2.82. The number of benzene rings is 3. The lowest BCUT2D eigenvalue weighted by Gasteiger charge is -2.31. The molecule has 2 amide bonds. The van der Waals surface area contributed by atoms with Crippen LogP contribution in [0.2, 0.25) is 0 Å². The van der Waals surface area contributed by atoms with Crippen molar-refractivity contribution in [2.24, 2.45) is 0 Å². The van der Waals surface area contributed by atoms with Crippen LogP contribution in [0.3, 0.4) is 0 Å². The van der Waals surface area contributed by atoms with Gasteiger partial charge in [0.2, 0.25) is 11.8 Å². The van der Waals surface area contributed by atoms with Gasteiger partial charge in [-0.25, -0.2) is 8.42 Å². The number of carbonyl (C=O) groups excluding carboxylic acids is 2. The molecule has 0 radical (unpaired) electrons. The molecule has 0 saturated heterocycles. The number of rotatable bonds is 6. The molecule has 0 atom stereocenters. The molecule has 1 N–H and O–H groups in total. The zero-order valence-electron chi connectivity index (χ0n) is 17.1. The van der Waals surface area contributed by atoms with Crippen molar-refractivity contribution in [1.29, 1.82) is 0 Å². The second-order valence-electron chi connectivity index (χ2n) is 7.14. The molecule has 0 aliphatic carbocycles. The standard InChI is InChI=1S/C22H18N4O6S/c27-21-14-24(20-9-5-4-8-19(20)23-21)22(28)15-25(16-10-12-17(13-11-16)26(29)30)33(31,32)18-6-2-1-3-7-18/h1-13H,14-15H2,(H,23,27). The molecule has 0 fully saturated rings. The van der Waals surface area contributed by atoms with Crippen LogP contribution in [0, 0.1) is 10.1 Å². The van der Waals surface area contributed by atoms with Crippen molar-refractivity contribution in [1.82, 2.24) is 0 Å². The van der Waals surface area contributed by atoms with Crippen LogP contribution in [0.5, 0.6) is 0 Å². The summed E-state index contributed by atoms with van der Waals surface area (Å²) in [5, 5.41) is 13.7. The molecular formula is C22H18N4O6S. The number of carbonyl (C=O) groups is 2. The quantitative estimate of drug-likeness (QED) is 0.439. The number of nitrogens with zero attached hydrogens (tertiary/aromatic N) is 3. The van der Waals surface area contributed by atoms with Crippen molar-refractivity contribution in [3.05, 3.63) is 89.0 Å². The number of amides is 2. The molecule has 0 saturated carbocycles. The molecule has 0 aromatic heterocycles. The third-order valence-corrected chi connectivity index (χ3v) is 6.82. The lowest BCUT2D eigenvalue weighted by molar-refractivity contribution is -0.384. The molecule has 4 rings (SSSR count). The number of para-hydroxylation sites is 2. The first kappa shape index (κ1) is 22.0. The molecule has 1 heterocycles. The fourth-order valence-electron chi connectivity index (χ4n) is 3.44. The van der Waals surface area contributed by atoms with Crippen LogP contribution >= 0.6 is 0 Å². The molecule has 10 nitrogen and oxygen atoms in total. The van der Waals surface area contributed by atoms with Crippen molar-refractivity contribution >= 4 is 44.6 Å². The number of non-ortho nitro benzene ring substituents is 1.